The van der Waals surface area contributed by atoms with Crippen molar-refractivity contribution in [3.63, 3.8) is 0 Å². The minimum atomic E-state index is -0.487. The lowest BCUT2D eigenvalue weighted by Crippen LogP contribution is -1.97. The van der Waals surface area contributed by atoms with Crippen molar-refractivity contribution in [3.05, 3.63) is 50.3 Å². The molecule has 0 saturated carbocycles. The molecule has 0 aliphatic heterocycles. The predicted octanol–water partition coefficient (Wildman–Crippen LogP) is 6.75. The molecule has 2 aromatic rings. The fourth-order valence-electron chi connectivity index (χ4n) is 1.69. The molecule has 22 heavy (non-hydrogen) atoms. The van der Waals surface area contributed by atoms with E-state index in [2.05, 4.69) is 20.9 Å². The molecule has 0 fully saturated rings. The number of pyridine rings is 1. The van der Waals surface area contributed by atoms with Gasteiger partial charge in [-0.2, -0.15) is 0 Å². The summed E-state index contributed by atoms with van der Waals surface area (Å²) in [6.45, 7) is 5.89. The molecule has 2 rings (SSSR count). The Hall–Kier alpha value is -0.490. The van der Waals surface area contributed by atoms with Crippen LogP contribution >= 0.6 is 50.9 Å². The van der Waals surface area contributed by atoms with Gasteiger partial charge in [0, 0.05) is 26.5 Å². The molecule has 0 radical (unpaired) electrons. The molecule has 2 nitrogen and oxygen atoms in total. The second-order valence-corrected chi connectivity index (χ2v) is 7.14. The van der Waals surface area contributed by atoms with Gasteiger partial charge in [0.15, 0.2) is 0 Å². The number of thioether (sulfide) groups is 1. The fourth-order valence-corrected chi connectivity index (χ4v) is 4.11. The van der Waals surface area contributed by atoms with Crippen molar-refractivity contribution in [1.29, 1.82) is 0 Å². The first-order chi connectivity index (χ1) is 10.4. The topological polar surface area (TPSA) is 38.9 Å². The summed E-state index contributed by atoms with van der Waals surface area (Å²) >= 11 is 16.9. The molecule has 0 amide bonds. The van der Waals surface area contributed by atoms with Gasteiger partial charge in [0.1, 0.15) is 11.6 Å². The molecule has 1 heterocycles. The highest BCUT2D eigenvalue weighted by atomic mass is 79.9. The number of halogens is 4. The molecular weight excluding hydrogens is 410 g/mol. The quantitative estimate of drug-likeness (QED) is 0.436. The Morgan fingerprint density at radius 2 is 1.95 bits per heavy atom. The largest absolute Gasteiger partial charge is 0.383 e. The van der Waals surface area contributed by atoms with E-state index in [9.17, 15) is 4.39 Å². The van der Waals surface area contributed by atoms with Crippen molar-refractivity contribution < 1.29 is 4.39 Å². The number of benzene rings is 1. The second-order valence-electron chi connectivity index (χ2n) is 4.05. The van der Waals surface area contributed by atoms with Gasteiger partial charge in [-0.3, -0.25) is 0 Å². The van der Waals surface area contributed by atoms with E-state index >= 15 is 0 Å². The number of rotatable bonds is 3. The standard InChI is InChI=1S/C13H10BrCl2FN2S.C2H6/c1-6(11-8(15)2-3-9(17)12(11)16)20-10-4-7(14)5-19-13(10)18;1-2/h2-6H,1H3,(H2,18,19);1-2H3/t6-;/m1./s1. The smallest absolute Gasteiger partial charge is 0.142 e. The molecular formula is C15H16BrCl2FN2S. The van der Waals surface area contributed by atoms with Crippen LogP contribution in [0.5, 0.6) is 0 Å². The Morgan fingerprint density at radius 3 is 2.59 bits per heavy atom. The van der Waals surface area contributed by atoms with Gasteiger partial charge in [-0.25, -0.2) is 9.37 Å². The third-order valence-electron chi connectivity index (χ3n) is 2.64. The van der Waals surface area contributed by atoms with E-state index in [1.165, 1.54) is 23.9 Å². The van der Waals surface area contributed by atoms with Crippen LogP contribution in [0.2, 0.25) is 10.0 Å². The maximum absolute atomic E-state index is 13.6. The number of nitrogens with zero attached hydrogens (tertiary/aromatic N) is 1. The lowest BCUT2D eigenvalue weighted by molar-refractivity contribution is 0.626. The number of hydrogen-bond donors (Lipinski definition) is 1. The zero-order valence-corrected chi connectivity index (χ0v) is 16.2. The first-order valence-corrected chi connectivity index (χ1v) is 9.04. The molecule has 2 N–H and O–H groups in total. The Morgan fingerprint density at radius 1 is 1.32 bits per heavy atom. The van der Waals surface area contributed by atoms with E-state index in [1.54, 1.807) is 6.20 Å². The van der Waals surface area contributed by atoms with Crippen LogP contribution in [0.4, 0.5) is 10.2 Å². The first-order valence-electron chi connectivity index (χ1n) is 6.61. The van der Waals surface area contributed by atoms with E-state index in [4.69, 9.17) is 28.9 Å². The average molecular weight is 426 g/mol. The van der Waals surface area contributed by atoms with Crippen LogP contribution in [-0.2, 0) is 0 Å². The molecule has 1 aromatic heterocycles. The van der Waals surface area contributed by atoms with Crippen molar-refractivity contribution in [2.75, 3.05) is 5.73 Å². The normalized spacial score (nSPS) is 11.6. The Balaban J connectivity index is 0.00000116. The third kappa shape index (κ3) is 4.75. The molecule has 0 saturated heterocycles. The summed E-state index contributed by atoms with van der Waals surface area (Å²) in [5.74, 6) is -0.0763. The van der Waals surface area contributed by atoms with Crippen LogP contribution in [-0.4, -0.2) is 4.98 Å². The number of nitrogens with two attached hydrogens (primary N) is 1. The monoisotopic (exact) mass is 424 g/mol. The van der Waals surface area contributed by atoms with Crippen molar-refractivity contribution in [2.24, 2.45) is 0 Å². The van der Waals surface area contributed by atoms with E-state index in [1.807, 2.05) is 26.8 Å². The molecule has 0 aliphatic rings. The Kier molecular flexibility index (Phi) is 7.97. The van der Waals surface area contributed by atoms with Gasteiger partial charge in [-0.15, -0.1) is 11.8 Å². The van der Waals surface area contributed by atoms with Gasteiger partial charge in [0.05, 0.1) is 9.92 Å². The summed E-state index contributed by atoms with van der Waals surface area (Å²) in [4.78, 5) is 4.84. The summed E-state index contributed by atoms with van der Waals surface area (Å²) in [5, 5.41) is 0.307. The van der Waals surface area contributed by atoms with Crippen LogP contribution in [0, 0.1) is 5.82 Å². The number of hydrogen-bond acceptors (Lipinski definition) is 3. The van der Waals surface area contributed by atoms with E-state index < -0.39 is 5.82 Å². The molecule has 7 heteroatoms. The molecule has 0 bridgehead atoms. The van der Waals surface area contributed by atoms with Crippen LogP contribution in [0.25, 0.3) is 0 Å². The molecule has 1 atom stereocenters. The lowest BCUT2D eigenvalue weighted by atomic mass is 10.1. The minimum Gasteiger partial charge on any atom is -0.383 e. The van der Waals surface area contributed by atoms with Crippen molar-refractivity contribution in [3.8, 4) is 0 Å². The van der Waals surface area contributed by atoms with Gasteiger partial charge in [-0.05, 0) is 41.1 Å². The predicted molar refractivity (Wildman–Crippen MR) is 98.4 cm³/mol. The van der Waals surface area contributed by atoms with Crippen molar-refractivity contribution in [1.82, 2.24) is 4.98 Å². The molecule has 0 unspecified atom stereocenters. The van der Waals surface area contributed by atoms with Crippen molar-refractivity contribution in [2.45, 2.75) is 30.9 Å². The maximum atomic E-state index is 13.6. The zero-order chi connectivity index (χ0) is 16.9. The average Bonchev–Trinajstić information content (AvgIpc) is 2.49. The van der Waals surface area contributed by atoms with Gasteiger partial charge in [0.25, 0.3) is 0 Å². The SMILES string of the molecule is CC.C[C@@H](Sc1cc(Br)cnc1N)c1c(Cl)ccc(F)c1Cl. The summed E-state index contributed by atoms with van der Waals surface area (Å²) in [6.07, 6.45) is 1.62. The highest BCUT2D eigenvalue weighted by Crippen LogP contribution is 2.43. The zero-order valence-electron chi connectivity index (χ0n) is 12.3. The lowest BCUT2D eigenvalue weighted by Gasteiger charge is -2.16. The summed E-state index contributed by atoms with van der Waals surface area (Å²) in [6, 6.07) is 4.60. The van der Waals surface area contributed by atoms with E-state index in [0.29, 0.717) is 16.4 Å². The van der Waals surface area contributed by atoms with Gasteiger partial charge in [0.2, 0.25) is 0 Å². The number of anilines is 1. The van der Waals surface area contributed by atoms with Gasteiger partial charge >= 0.3 is 0 Å². The summed E-state index contributed by atoms with van der Waals surface area (Å²) < 4.78 is 14.4. The summed E-state index contributed by atoms with van der Waals surface area (Å²) in [5.41, 5.74) is 6.38. The Labute approximate surface area is 152 Å². The second kappa shape index (κ2) is 8.96. The first kappa shape index (κ1) is 19.6. The fraction of sp³-hybridized carbons (Fsp3) is 0.267. The number of nitrogen functional groups attached to an aromatic ring is 1. The van der Waals surface area contributed by atoms with E-state index in [-0.39, 0.29) is 10.3 Å². The molecule has 120 valence electrons. The van der Waals surface area contributed by atoms with E-state index in [0.717, 1.165) is 9.37 Å². The van der Waals surface area contributed by atoms with Crippen LogP contribution in [0.3, 0.4) is 0 Å². The minimum absolute atomic E-state index is 0.0408. The highest BCUT2D eigenvalue weighted by Gasteiger charge is 2.19. The Bertz CT molecular complexity index is 656. The number of aromatic nitrogens is 1. The summed E-state index contributed by atoms with van der Waals surface area (Å²) in [7, 11) is 0. The molecule has 0 aliphatic carbocycles. The van der Waals surface area contributed by atoms with Crippen LogP contribution in [0.15, 0.2) is 33.8 Å². The highest BCUT2D eigenvalue weighted by molar-refractivity contribution is 9.10. The maximum Gasteiger partial charge on any atom is 0.142 e. The van der Waals surface area contributed by atoms with Crippen LogP contribution < -0.4 is 5.73 Å². The van der Waals surface area contributed by atoms with Crippen LogP contribution in [0.1, 0.15) is 31.6 Å². The van der Waals surface area contributed by atoms with Gasteiger partial charge < -0.3 is 5.73 Å². The van der Waals surface area contributed by atoms with Gasteiger partial charge in [-0.1, -0.05) is 37.0 Å². The molecule has 1 aromatic carbocycles. The van der Waals surface area contributed by atoms with Crippen molar-refractivity contribution >= 4 is 56.7 Å². The third-order valence-corrected chi connectivity index (χ3v) is 4.96. The molecule has 0 spiro atoms.